The second-order valence-corrected chi connectivity index (χ2v) is 6.47. The average Bonchev–Trinajstić information content (AvgIpc) is 2.71. The van der Waals surface area contributed by atoms with E-state index in [4.69, 9.17) is 0 Å². The number of hydrogen-bond donors (Lipinski definition) is 0. The first kappa shape index (κ1) is 16.3. The van der Waals surface area contributed by atoms with Crippen molar-refractivity contribution in [2.24, 2.45) is 0 Å². The number of hydrogen-bond acceptors (Lipinski definition) is 0. The van der Waals surface area contributed by atoms with Crippen LogP contribution in [0.1, 0.15) is 44.4 Å². The first-order valence-corrected chi connectivity index (χ1v) is 7.83. The van der Waals surface area contributed by atoms with E-state index in [-0.39, 0.29) is 5.41 Å². The van der Waals surface area contributed by atoms with Gasteiger partial charge in [0, 0.05) is 5.41 Å². The van der Waals surface area contributed by atoms with Crippen LogP contribution in [0.3, 0.4) is 0 Å². The van der Waals surface area contributed by atoms with E-state index >= 15 is 0 Å². The Labute approximate surface area is 135 Å². The lowest BCUT2D eigenvalue weighted by Gasteiger charge is -2.27. The summed E-state index contributed by atoms with van der Waals surface area (Å²) in [4.78, 5) is 0. The van der Waals surface area contributed by atoms with Gasteiger partial charge in [-0.3, -0.25) is 0 Å². The third-order valence-corrected chi connectivity index (χ3v) is 4.57. The van der Waals surface area contributed by atoms with Crippen molar-refractivity contribution in [1.82, 2.24) is 0 Å². The summed E-state index contributed by atoms with van der Waals surface area (Å²) in [5.74, 6) is 0. The standard InChI is InChI=1S/C22H26/c1-8-11-18(16(5)9-2)21-17(10-3)19-13-12-15(4)14-20(19)22(21,6)7/h8-14H,2-3H2,1,4-7H3/b11-8-,18-16+. The Balaban J connectivity index is 2.85. The quantitative estimate of drug-likeness (QED) is 0.570. The van der Waals surface area contributed by atoms with Crippen LogP contribution in [-0.4, -0.2) is 0 Å². The topological polar surface area (TPSA) is 0 Å². The minimum absolute atomic E-state index is 0.0377. The normalized spacial score (nSPS) is 17.5. The average molecular weight is 290 g/mol. The predicted octanol–water partition coefficient (Wildman–Crippen LogP) is 6.30. The maximum Gasteiger partial charge on any atom is 0.0164 e. The molecule has 1 aromatic rings. The smallest absolute Gasteiger partial charge is 0.0164 e. The van der Waals surface area contributed by atoms with Crippen molar-refractivity contribution in [3.05, 3.63) is 89.1 Å². The van der Waals surface area contributed by atoms with Gasteiger partial charge in [0.05, 0.1) is 0 Å². The third kappa shape index (κ3) is 2.43. The van der Waals surface area contributed by atoms with Gasteiger partial charge in [0.1, 0.15) is 0 Å². The van der Waals surface area contributed by atoms with Crippen LogP contribution in [0.5, 0.6) is 0 Å². The van der Waals surface area contributed by atoms with Crippen LogP contribution in [0.4, 0.5) is 0 Å². The fourth-order valence-corrected chi connectivity index (χ4v) is 3.40. The van der Waals surface area contributed by atoms with E-state index in [0.717, 1.165) is 0 Å². The van der Waals surface area contributed by atoms with Crippen LogP contribution in [0.15, 0.2) is 72.4 Å². The molecule has 0 nitrogen and oxygen atoms in total. The fourth-order valence-electron chi connectivity index (χ4n) is 3.40. The molecule has 0 heteroatoms. The maximum absolute atomic E-state index is 4.08. The zero-order valence-corrected chi connectivity index (χ0v) is 14.5. The zero-order valence-electron chi connectivity index (χ0n) is 14.5. The van der Waals surface area contributed by atoms with Gasteiger partial charge in [0.25, 0.3) is 0 Å². The molecule has 0 amide bonds. The van der Waals surface area contributed by atoms with Crippen molar-refractivity contribution in [2.45, 2.75) is 40.0 Å². The molecule has 1 aliphatic carbocycles. The van der Waals surface area contributed by atoms with Crippen LogP contribution in [0.25, 0.3) is 5.57 Å². The molecule has 0 unspecified atom stereocenters. The molecule has 0 aliphatic heterocycles. The van der Waals surface area contributed by atoms with Gasteiger partial charge in [-0.25, -0.2) is 0 Å². The van der Waals surface area contributed by atoms with E-state index < -0.39 is 0 Å². The summed E-state index contributed by atoms with van der Waals surface area (Å²) < 4.78 is 0. The SMILES string of the molecule is C=CC1=C(C(/C=C\C)=C(\C)C=C)C(C)(C)c2cc(C)ccc21. The molecule has 0 fully saturated rings. The molecule has 0 atom stereocenters. The van der Waals surface area contributed by atoms with Crippen molar-refractivity contribution in [2.75, 3.05) is 0 Å². The molecule has 114 valence electrons. The summed E-state index contributed by atoms with van der Waals surface area (Å²) in [7, 11) is 0. The van der Waals surface area contributed by atoms with Crippen LogP contribution < -0.4 is 0 Å². The number of aryl methyl sites for hydroxylation is 1. The Morgan fingerprint density at radius 2 is 1.86 bits per heavy atom. The highest BCUT2D eigenvalue weighted by atomic mass is 14.4. The van der Waals surface area contributed by atoms with Crippen molar-refractivity contribution in [1.29, 1.82) is 0 Å². The van der Waals surface area contributed by atoms with E-state index in [2.05, 4.69) is 78.1 Å². The number of benzene rings is 1. The molecule has 0 heterocycles. The highest BCUT2D eigenvalue weighted by molar-refractivity contribution is 5.89. The second-order valence-electron chi connectivity index (χ2n) is 6.47. The summed E-state index contributed by atoms with van der Waals surface area (Å²) in [5, 5.41) is 0. The van der Waals surface area contributed by atoms with Gasteiger partial charge in [-0.05, 0) is 54.2 Å². The van der Waals surface area contributed by atoms with Crippen molar-refractivity contribution < 1.29 is 0 Å². The molecule has 0 saturated heterocycles. The van der Waals surface area contributed by atoms with Gasteiger partial charge in [-0.15, -0.1) is 0 Å². The van der Waals surface area contributed by atoms with E-state index in [9.17, 15) is 0 Å². The first-order valence-electron chi connectivity index (χ1n) is 7.83. The molecule has 0 radical (unpaired) electrons. The van der Waals surface area contributed by atoms with Crippen molar-refractivity contribution >= 4 is 5.57 Å². The fraction of sp³-hybridized carbons (Fsp3) is 0.273. The van der Waals surface area contributed by atoms with E-state index in [1.807, 2.05) is 12.2 Å². The first-order chi connectivity index (χ1) is 10.4. The van der Waals surface area contributed by atoms with E-state index in [1.165, 1.54) is 39.0 Å². The van der Waals surface area contributed by atoms with Gasteiger partial charge in [-0.1, -0.05) is 75.1 Å². The Bertz CT molecular complexity index is 718. The molecule has 0 bridgehead atoms. The molecular weight excluding hydrogens is 264 g/mol. The lowest BCUT2D eigenvalue weighted by Crippen LogP contribution is -2.19. The highest BCUT2D eigenvalue weighted by Crippen LogP contribution is 2.50. The van der Waals surface area contributed by atoms with Crippen molar-refractivity contribution in [3.8, 4) is 0 Å². The molecule has 0 aromatic heterocycles. The van der Waals surface area contributed by atoms with Crippen LogP contribution in [-0.2, 0) is 5.41 Å². The van der Waals surface area contributed by atoms with Crippen LogP contribution in [0, 0.1) is 6.92 Å². The van der Waals surface area contributed by atoms with Gasteiger partial charge in [0.15, 0.2) is 0 Å². The maximum atomic E-state index is 4.08. The largest absolute Gasteiger partial charge is 0.0988 e. The Morgan fingerprint density at radius 3 is 2.41 bits per heavy atom. The molecule has 2 rings (SSSR count). The predicted molar refractivity (Wildman–Crippen MR) is 99.0 cm³/mol. The van der Waals surface area contributed by atoms with Gasteiger partial charge >= 0.3 is 0 Å². The lowest BCUT2D eigenvalue weighted by atomic mass is 9.76. The summed E-state index contributed by atoms with van der Waals surface area (Å²) in [5.41, 5.74) is 9.00. The van der Waals surface area contributed by atoms with E-state index in [0.29, 0.717) is 0 Å². The second kappa shape index (κ2) is 5.96. The van der Waals surface area contributed by atoms with Crippen LogP contribution >= 0.6 is 0 Å². The Hall–Kier alpha value is -2.08. The number of fused-ring (bicyclic) bond motifs is 1. The third-order valence-electron chi connectivity index (χ3n) is 4.57. The number of allylic oxidation sites excluding steroid dienone is 8. The molecule has 0 spiro atoms. The molecule has 0 saturated carbocycles. The van der Waals surface area contributed by atoms with Crippen molar-refractivity contribution in [3.63, 3.8) is 0 Å². The molecule has 0 N–H and O–H groups in total. The highest BCUT2D eigenvalue weighted by Gasteiger charge is 2.38. The number of rotatable bonds is 4. The minimum Gasteiger partial charge on any atom is -0.0988 e. The van der Waals surface area contributed by atoms with Gasteiger partial charge in [0.2, 0.25) is 0 Å². The van der Waals surface area contributed by atoms with Gasteiger partial charge in [-0.2, -0.15) is 0 Å². The van der Waals surface area contributed by atoms with Crippen LogP contribution in [0.2, 0.25) is 0 Å². The minimum atomic E-state index is -0.0377. The van der Waals surface area contributed by atoms with Gasteiger partial charge < -0.3 is 0 Å². The molecular formula is C22H26. The Morgan fingerprint density at radius 1 is 1.18 bits per heavy atom. The molecule has 1 aliphatic rings. The summed E-state index contributed by atoms with van der Waals surface area (Å²) >= 11 is 0. The summed E-state index contributed by atoms with van der Waals surface area (Å²) in [6, 6.07) is 6.72. The summed E-state index contributed by atoms with van der Waals surface area (Å²) in [6.45, 7) is 19.0. The van der Waals surface area contributed by atoms with E-state index in [1.54, 1.807) is 0 Å². The molecule has 22 heavy (non-hydrogen) atoms. The zero-order chi connectivity index (χ0) is 16.5. The molecule has 1 aromatic carbocycles. The summed E-state index contributed by atoms with van der Waals surface area (Å²) in [6.07, 6.45) is 8.22. The monoisotopic (exact) mass is 290 g/mol. The lowest BCUT2D eigenvalue weighted by molar-refractivity contribution is 0.647. The Kier molecular flexibility index (Phi) is 4.42.